The van der Waals surface area contributed by atoms with Crippen molar-refractivity contribution >= 4 is 35.0 Å². The van der Waals surface area contributed by atoms with Gasteiger partial charge in [-0.05, 0) is 81.5 Å². The molecule has 2 aromatic heterocycles. The number of nitrogens with zero attached hydrogens (tertiary/aromatic N) is 4. The van der Waals surface area contributed by atoms with Crippen LogP contribution >= 0.6 is 11.6 Å². The molecule has 1 fully saturated rings. The Hall–Kier alpha value is -3.66. The van der Waals surface area contributed by atoms with E-state index in [0.717, 1.165) is 44.3 Å². The third-order valence-corrected chi connectivity index (χ3v) is 7.80. The number of carbonyl (C=O) groups is 1. The van der Waals surface area contributed by atoms with Gasteiger partial charge in [0.1, 0.15) is 11.6 Å². The van der Waals surface area contributed by atoms with Crippen molar-refractivity contribution in [1.29, 1.82) is 0 Å². The lowest BCUT2D eigenvalue weighted by Crippen LogP contribution is -2.34. The van der Waals surface area contributed by atoms with Gasteiger partial charge in [-0.2, -0.15) is 4.98 Å². The zero-order chi connectivity index (χ0) is 27.5. The fourth-order valence-electron chi connectivity index (χ4n) is 5.50. The van der Waals surface area contributed by atoms with Crippen molar-refractivity contribution in [3.8, 4) is 11.3 Å². The zero-order valence-electron chi connectivity index (χ0n) is 22.2. The maximum Gasteiger partial charge on any atom is 0.287 e. The summed E-state index contributed by atoms with van der Waals surface area (Å²) in [6.45, 7) is 0.544. The second-order valence-electron chi connectivity index (χ2n) is 10.6. The molecule has 2 N–H and O–H groups in total. The van der Waals surface area contributed by atoms with E-state index in [2.05, 4.69) is 15.5 Å². The van der Waals surface area contributed by atoms with Crippen molar-refractivity contribution in [3.05, 3.63) is 62.5 Å². The lowest BCUT2D eigenvalue weighted by molar-refractivity contribution is -0.384. The third-order valence-electron chi connectivity index (χ3n) is 7.57. The van der Waals surface area contributed by atoms with Gasteiger partial charge in [0.15, 0.2) is 5.76 Å². The molecule has 206 valence electrons. The molecule has 0 radical (unpaired) electrons. The summed E-state index contributed by atoms with van der Waals surface area (Å²) in [4.78, 5) is 35.4. The number of benzene rings is 1. The first-order valence-electron chi connectivity index (χ1n) is 13.4. The summed E-state index contributed by atoms with van der Waals surface area (Å²) in [6.07, 6.45) is 8.32. The molecule has 2 aliphatic carbocycles. The number of rotatable bonds is 8. The molecule has 10 nitrogen and oxygen atoms in total. The first-order chi connectivity index (χ1) is 18.8. The Balaban J connectivity index is 1.14. The molecule has 0 atom stereocenters. The van der Waals surface area contributed by atoms with Crippen LogP contribution in [0.1, 0.15) is 60.3 Å². The van der Waals surface area contributed by atoms with E-state index in [1.54, 1.807) is 12.1 Å². The van der Waals surface area contributed by atoms with Gasteiger partial charge in [0.05, 0.1) is 16.2 Å². The second-order valence-corrected chi connectivity index (χ2v) is 11.0. The molecule has 5 rings (SSSR count). The summed E-state index contributed by atoms with van der Waals surface area (Å²) in [5, 5.41) is 18.2. The van der Waals surface area contributed by atoms with Crippen LogP contribution in [0.25, 0.3) is 11.3 Å². The normalized spacial score (nSPS) is 18.7. The fourth-order valence-corrected chi connectivity index (χ4v) is 5.66. The highest BCUT2D eigenvalue weighted by atomic mass is 35.5. The van der Waals surface area contributed by atoms with Gasteiger partial charge in [-0.15, -0.1) is 0 Å². The zero-order valence-corrected chi connectivity index (χ0v) is 23.0. The van der Waals surface area contributed by atoms with E-state index < -0.39 is 4.92 Å². The van der Waals surface area contributed by atoms with E-state index in [-0.39, 0.29) is 33.7 Å². The number of carbonyl (C=O) groups excluding carboxylic acids is 1. The van der Waals surface area contributed by atoms with Crippen molar-refractivity contribution in [3.63, 3.8) is 0 Å². The van der Waals surface area contributed by atoms with Crippen molar-refractivity contribution in [1.82, 2.24) is 15.3 Å². The topological polar surface area (TPSA) is 126 Å². The number of nitrogens with one attached hydrogen (secondary N) is 2. The first-order valence-corrected chi connectivity index (χ1v) is 13.8. The minimum Gasteiger partial charge on any atom is -0.451 e. The maximum absolute atomic E-state index is 12.7. The summed E-state index contributed by atoms with van der Waals surface area (Å²) in [7, 11) is 4.07. The van der Waals surface area contributed by atoms with Crippen LogP contribution in [-0.4, -0.2) is 47.5 Å². The molecule has 1 aromatic carbocycles. The van der Waals surface area contributed by atoms with Crippen LogP contribution in [0.4, 0.5) is 17.5 Å². The van der Waals surface area contributed by atoms with Crippen LogP contribution in [0, 0.1) is 16.0 Å². The number of furan rings is 1. The largest absolute Gasteiger partial charge is 0.451 e. The number of aromatic nitrogens is 2. The van der Waals surface area contributed by atoms with Gasteiger partial charge in [0.25, 0.3) is 11.6 Å². The van der Waals surface area contributed by atoms with Gasteiger partial charge < -0.3 is 20.0 Å². The Labute approximate surface area is 232 Å². The molecule has 11 heteroatoms. The van der Waals surface area contributed by atoms with Gasteiger partial charge >= 0.3 is 0 Å². The molecule has 0 spiro atoms. The molecule has 1 saturated carbocycles. The predicted molar refractivity (Wildman–Crippen MR) is 151 cm³/mol. The summed E-state index contributed by atoms with van der Waals surface area (Å²) >= 11 is 5.90. The van der Waals surface area contributed by atoms with Gasteiger partial charge in [0.2, 0.25) is 5.95 Å². The fraction of sp³-hybridized carbons (Fsp3) is 0.464. The number of amides is 1. The lowest BCUT2D eigenvalue weighted by Gasteiger charge is -2.30. The maximum atomic E-state index is 12.7. The number of nitro benzene ring substituents is 1. The molecule has 0 saturated heterocycles. The van der Waals surface area contributed by atoms with E-state index in [0.29, 0.717) is 24.5 Å². The molecule has 2 heterocycles. The number of hydrogen-bond acceptors (Lipinski definition) is 8. The summed E-state index contributed by atoms with van der Waals surface area (Å²) in [5.74, 6) is 2.12. The van der Waals surface area contributed by atoms with E-state index in [1.807, 2.05) is 14.1 Å². The van der Waals surface area contributed by atoms with Crippen LogP contribution in [-0.2, 0) is 12.8 Å². The summed E-state index contributed by atoms with van der Waals surface area (Å²) in [5.41, 5.74) is 2.56. The van der Waals surface area contributed by atoms with Crippen LogP contribution < -0.4 is 15.5 Å². The van der Waals surface area contributed by atoms with Crippen LogP contribution in [0.2, 0.25) is 5.02 Å². The predicted octanol–water partition coefficient (Wildman–Crippen LogP) is 5.64. The SMILES string of the molecule is CN(C)c1nc(NC2CCC(CNC(=O)c3ccc(-c4ccc(Cl)cc4[N+](=O)[O-])o3)CC2)nc2c1CCCC2. The van der Waals surface area contributed by atoms with Crippen molar-refractivity contribution in [2.45, 2.75) is 57.4 Å². The monoisotopic (exact) mass is 552 g/mol. The highest BCUT2D eigenvalue weighted by Gasteiger charge is 2.25. The number of hydrogen-bond donors (Lipinski definition) is 2. The van der Waals surface area contributed by atoms with Gasteiger partial charge in [-0.3, -0.25) is 14.9 Å². The lowest BCUT2D eigenvalue weighted by atomic mass is 9.86. The highest BCUT2D eigenvalue weighted by Crippen LogP contribution is 2.34. The number of anilines is 2. The van der Waals surface area contributed by atoms with Crippen LogP contribution in [0.5, 0.6) is 0 Å². The minimum atomic E-state index is -0.520. The van der Waals surface area contributed by atoms with Gasteiger partial charge in [-0.25, -0.2) is 4.98 Å². The van der Waals surface area contributed by atoms with Crippen LogP contribution in [0.15, 0.2) is 34.7 Å². The quantitative estimate of drug-likeness (QED) is 0.271. The van der Waals surface area contributed by atoms with Crippen molar-refractivity contribution < 1.29 is 14.1 Å². The molecule has 39 heavy (non-hydrogen) atoms. The Bertz CT molecular complexity index is 1370. The third kappa shape index (κ3) is 6.16. The average molecular weight is 553 g/mol. The Morgan fingerprint density at radius 1 is 1.13 bits per heavy atom. The first kappa shape index (κ1) is 26.9. The molecule has 1 amide bonds. The summed E-state index contributed by atoms with van der Waals surface area (Å²) < 4.78 is 5.66. The molecule has 2 aliphatic rings. The average Bonchev–Trinajstić information content (AvgIpc) is 3.42. The smallest absolute Gasteiger partial charge is 0.287 e. The van der Waals surface area contributed by atoms with E-state index in [1.165, 1.54) is 42.3 Å². The standard InChI is InChI=1S/C28H33ClN6O4/c1-34(2)26-20-5-3-4-6-22(20)32-28(33-26)31-19-10-7-17(8-11-19)16-30-27(36)25-14-13-24(39-25)21-12-9-18(29)15-23(21)35(37)38/h9,12-15,17,19H,3-8,10-11,16H2,1-2H3,(H,30,36)(H,31,32,33). The molecular weight excluding hydrogens is 520 g/mol. The van der Waals surface area contributed by atoms with Crippen molar-refractivity contribution in [2.24, 2.45) is 5.92 Å². The Morgan fingerprint density at radius 3 is 2.64 bits per heavy atom. The Morgan fingerprint density at radius 2 is 1.90 bits per heavy atom. The van der Waals surface area contributed by atoms with Crippen LogP contribution in [0.3, 0.4) is 0 Å². The van der Waals surface area contributed by atoms with Gasteiger partial charge in [-0.1, -0.05) is 11.6 Å². The molecule has 0 bridgehead atoms. The number of nitro groups is 1. The molecule has 0 unspecified atom stereocenters. The minimum absolute atomic E-state index is 0.117. The van der Waals surface area contributed by atoms with E-state index in [9.17, 15) is 14.9 Å². The number of halogens is 1. The number of fused-ring (bicyclic) bond motifs is 1. The van der Waals surface area contributed by atoms with E-state index in [4.69, 9.17) is 26.0 Å². The molecule has 0 aliphatic heterocycles. The molecule has 3 aromatic rings. The number of aryl methyl sites for hydroxylation is 1. The molecular formula is C28H33ClN6O4. The van der Waals surface area contributed by atoms with Gasteiger partial charge in [0, 0.05) is 43.3 Å². The highest BCUT2D eigenvalue weighted by molar-refractivity contribution is 6.30. The Kier molecular flexibility index (Phi) is 8.02. The second kappa shape index (κ2) is 11.6. The van der Waals surface area contributed by atoms with Crippen molar-refractivity contribution in [2.75, 3.05) is 30.9 Å². The van der Waals surface area contributed by atoms with E-state index >= 15 is 0 Å². The summed E-state index contributed by atoms with van der Waals surface area (Å²) in [6, 6.07) is 7.73.